The van der Waals surface area contributed by atoms with E-state index < -0.39 is 0 Å². The number of rotatable bonds is 5. The molecule has 0 bridgehead atoms. The fourth-order valence-electron chi connectivity index (χ4n) is 0.984. The van der Waals surface area contributed by atoms with Gasteiger partial charge in [0, 0.05) is 26.1 Å². The van der Waals surface area contributed by atoms with E-state index in [1.165, 1.54) is 0 Å². The summed E-state index contributed by atoms with van der Waals surface area (Å²) in [4.78, 5) is 13.1. The molecule has 2 N–H and O–H groups in total. The fourth-order valence-corrected chi connectivity index (χ4v) is 0.984. The lowest BCUT2D eigenvalue weighted by Crippen LogP contribution is -2.33. The van der Waals surface area contributed by atoms with Crippen molar-refractivity contribution >= 4 is 5.91 Å². The van der Waals surface area contributed by atoms with Crippen LogP contribution < -0.4 is 5.73 Å². The zero-order chi connectivity index (χ0) is 9.56. The lowest BCUT2D eigenvalue weighted by molar-refractivity contribution is -0.130. The van der Waals surface area contributed by atoms with Crippen molar-refractivity contribution in [1.82, 2.24) is 4.90 Å². The summed E-state index contributed by atoms with van der Waals surface area (Å²) < 4.78 is 0. The summed E-state index contributed by atoms with van der Waals surface area (Å²) in [5, 5.41) is 0. The monoisotopic (exact) mass is 170 g/mol. The number of nitrogens with zero attached hydrogens (tertiary/aromatic N) is 1. The first-order valence-electron chi connectivity index (χ1n) is 4.24. The molecule has 0 rings (SSSR count). The molecule has 0 saturated heterocycles. The van der Waals surface area contributed by atoms with Crippen molar-refractivity contribution in [1.29, 1.82) is 0 Å². The highest BCUT2D eigenvalue weighted by molar-refractivity contribution is 5.76. The lowest BCUT2D eigenvalue weighted by Gasteiger charge is -2.20. The molecular formula is C9H18N2O. The van der Waals surface area contributed by atoms with Crippen LogP contribution in [0.25, 0.3) is 0 Å². The highest BCUT2D eigenvalue weighted by Crippen LogP contribution is 1.98. The van der Waals surface area contributed by atoms with Gasteiger partial charge < -0.3 is 10.6 Å². The second-order valence-electron chi connectivity index (χ2n) is 2.90. The fraction of sp³-hybridized carbons (Fsp3) is 0.667. The molecule has 0 heterocycles. The Labute approximate surface area is 74.2 Å². The minimum absolute atomic E-state index is 0.114. The third-order valence-corrected chi connectivity index (χ3v) is 1.55. The normalized spacial score (nSPS) is 9.58. The van der Waals surface area contributed by atoms with Crippen LogP contribution in [0.4, 0.5) is 0 Å². The van der Waals surface area contributed by atoms with Crippen LogP contribution in [0, 0.1) is 0 Å². The number of hydrogen-bond donors (Lipinski definition) is 1. The first kappa shape index (κ1) is 11.2. The minimum atomic E-state index is 0.114. The summed E-state index contributed by atoms with van der Waals surface area (Å²) >= 11 is 0. The first-order chi connectivity index (χ1) is 5.61. The highest BCUT2D eigenvalue weighted by Gasteiger charge is 2.09. The maximum Gasteiger partial charge on any atom is 0.224 e. The Morgan fingerprint density at radius 3 is 2.50 bits per heavy atom. The average Bonchev–Trinajstić information content (AvgIpc) is 2.00. The van der Waals surface area contributed by atoms with Gasteiger partial charge in [-0.15, -0.1) is 0 Å². The van der Waals surface area contributed by atoms with Gasteiger partial charge in [0.25, 0.3) is 0 Å². The number of nitrogens with two attached hydrogens (primary N) is 1. The molecule has 0 saturated carbocycles. The van der Waals surface area contributed by atoms with E-state index in [4.69, 9.17) is 5.73 Å². The maximum absolute atomic E-state index is 11.3. The van der Waals surface area contributed by atoms with Crippen molar-refractivity contribution in [3.63, 3.8) is 0 Å². The third-order valence-electron chi connectivity index (χ3n) is 1.55. The molecule has 12 heavy (non-hydrogen) atoms. The standard InChI is InChI=1S/C9H18N2O/c1-4-11(7-8(2)3)9(12)5-6-10/h2,4-7,10H2,1,3H3. The summed E-state index contributed by atoms with van der Waals surface area (Å²) in [7, 11) is 0. The molecule has 0 atom stereocenters. The Morgan fingerprint density at radius 1 is 1.58 bits per heavy atom. The van der Waals surface area contributed by atoms with Gasteiger partial charge in [0.15, 0.2) is 0 Å². The molecule has 0 aromatic heterocycles. The van der Waals surface area contributed by atoms with Crippen molar-refractivity contribution in [3.8, 4) is 0 Å². The van der Waals surface area contributed by atoms with E-state index in [-0.39, 0.29) is 5.91 Å². The molecule has 0 fully saturated rings. The van der Waals surface area contributed by atoms with Crippen LogP contribution in [-0.4, -0.2) is 30.4 Å². The molecule has 0 aromatic rings. The van der Waals surface area contributed by atoms with E-state index in [2.05, 4.69) is 6.58 Å². The summed E-state index contributed by atoms with van der Waals surface area (Å²) in [5.41, 5.74) is 6.28. The summed E-state index contributed by atoms with van der Waals surface area (Å²) in [5.74, 6) is 0.114. The maximum atomic E-state index is 11.3. The van der Waals surface area contributed by atoms with Crippen LogP contribution in [0.2, 0.25) is 0 Å². The van der Waals surface area contributed by atoms with Crippen LogP contribution in [0.1, 0.15) is 20.3 Å². The molecule has 70 valence electrons. The number of hydrogen-bond acceptors (Lipinski definition) is 2. The predicted octanol–water partition coefficient (Wildman–Crippen LogP) is 0.760. The van der Waals surface area contributed by atoms with E-state index in [1.807, 2.05) is 13.8 Å². The van der Waals surface area contributed by atoms with Crippen LogP contribution in [0.15, 0.2) is 12.2 Å². The molecule has 0 unspecified atom stereocenters. The topological polar surface area (TPSA) is 46.3 Å². The Hall–Kier alpha value is -0.830. The first-order valence-corrected chi connectivity index (χ1v) is 4.24. The number of carbonyl (C=O) groups is 1. The SMILES string of the molecule is C=C(C)CN(CC)C(=O)CCN. The average molecular weight is 170 g/mol. The van der Waals surface area contributed by atoms with Crippen LogP contribution in [0.5, 0.6) is 0 Å². The predicted molar refractivity (Wildman–Crippen MR) is 50.7 cm³/mol. The molecule has 0 aliphatic heterocycles. The zero-order valence-corrected chi connectivity index (χ0v) is 7.97. The Morgan fingerprint density at radius 2 is 2.17 bits per heavy atom. The van der Waals surface area contributed by atoms with E-state index in [9.17, 15) is 4.79 Å². The van der Waals surface area contributed by atoms with Crippen LogP contribution in [-0.2, 0) is 4.79 Å². The molecule has 3 nitrogen and oxygen atoms in total. The van der Waals surface area contributed by atoms with Gasteiger partial charge >= 0.3 is 0 Å². The van der Waals surface area contributed by atoms with E-state index in [0.29, 0.717) is 19.5 Å². The van der Waals surface area contributed by atoms with Crippen molar-refractivity contribution in [2.45, 2.75) is 20.3 Å². The second kappa shape index (κ2) is 5.77. The Balaban J connectivity index is 3.96. The van der Waals surface area contributed by atoms with Crippen LogP contribution >= 0.6 is 0 Å². The summed E-state index contributed by atoms with van der Waals surface area (Å²) in [6, 6.07) is 0. The second-order valence-corrected chi connectivity index (χ2v) is 2.90. The van der Waals surface area contributed by atoms with Crippen LogP contribution in [0.3, 0.4) is 0 Å². The molecule has 0 aliphatic rings. The molecule has 1 amide bonds. The molecular weight excluding hydrogens is 152 g/mol. The van der Waals surface area contributed by atoms with Crippen molar-refractivity contribution < 1.29 is 4.79 Å². The van der Waals surface area contributed by atoms with Gasteiger partial charge in [0.05, 0.1) is 0 Å². The van der Waals surface area contributed by atoms with Crippen molar-refractivity contribution in [3.05, 3.63) is 12.2 Å². The van der Waals surface area contributed by atoms with Gasteiger partial charge in [-0.1, -0.05) is 12.2 Å². The van der Waals surface area contributed by atoms with Gasteiger partial charge in [-0.25, -0.2) is 0 Å². The van der Waals surface area contributed by atoms with E-state index in [1.54, 1.807) is 4.90 Å². The zero-order valence-electron chi connectivity index (χ0n) is 7.97. The van der Waals surface area contributed by atoms with Crippen molar-refractivity contribution in [2.75, 3.05) is 19.6 Å². The molecule has 0 radical (unpaired) electrons. The lowest BCUT2D eigenvalue weighted by atomic mass is 10.3. The van der Waals surface area contributed by atoms with Gasteiger partial charge in [-0.2, -0.15) is 0 Å². The molecule has 0 spiro atoms. The highest BCUT2D eigenvalue weighted by atomic mass is 16.2. The van der Waals surface area contributed by atoms with Crippen molar-refractivity contribution in [2.24, 2.45) is 5.73 Å². The summed E-state index contributed by atoms with van der Waals surface area (Å²) in [6.07, 6.45) is 0.432. The van der Waals surface area contributed by atoms with Gasteiger partial charge in [0.1, 0.15) is 0 Å². The number of carbonyl (C=O) groups excluding carboxylic acids is 1. The van der Waals surface area contributed by atoms with E-state index in [0.717, 1.165) is 12.1 Å². The Kier molecular flexibility index (Phi) is 5.37. The third kappa shape index (κ3) is 4.13. The number of amides is 1. The minimum Gasteiger partial charge on any atom is -0.339 e. The summed E-state index contributed by atoms with van der Waals surface area (Å²) in [6.45, 7) is 9.43. The Bertz CT molecular complexity index is 166. The molecule has 0 aromatic carbocycles. The smallest absolute Gasteiger partial charge is 0.224 e. The molecule has 3 heteroatoms. The van der Waals surface area contributed by atoms with Gasteiger partial charge in [-0.05, 0) is 13.8 Å². The van der Waals surface area contributed by atoms with E-state index >= 15 is 0 Å². The van der Waals surface area contributed by atoms with Gasteiger partial charge in [-0.3, -0.25) is 4.79 Å². The number of likely N-dealkylation sites (N-methyl/N-ethyl adjacent to an activating group) is 1. The molecule has 0 aliphatic carbocycles. The largest absolute Gasteiger partial charge is 0.339 e. The van der Waals surface area contributed by atoms with Gasteiger partial charge in [0.2, 0.25) is 5.91 Å². The quantitative estimate of drug-likeness (QED) is 0.619.